The number of amides is 1. The lowest BCUT2D eigenvalue weighted by Gasteiger charge is -2.30. The zero-order valence-corrected chi connectivity index (χ0v) is 17.8. The van der Waals surface area contributed by atoms with E-state index in [1.807, 2.05) is 26.8 Å². The molecule has 7 nitrogen and oxygen atoms in total. The van der Waals surface area contributed by atoms with Gasteiger partial charge in [0.25, 0.3) is 5.56 Å². The molecule has 1 aromatic heterocycles. The molecule has 0 aliphatic carbocycles. The van der Waals surface area contributed by atoms with Crippen LogP contribution in [0.2, 0.25) is 0 Å². The normalized spacial score (nSPS) is 16.0. The smallest absolute Gasteiger partial charge is 0.250 e. The van der Waals surface area contributed by atoms with Crippen molar-refractivity contribution in [1.29, 1.82) is 0 Å². The quantitative estimate of drug-likeness (QED) is 0.810. The number of aryl methyl sites for hydroxylation is 3. The predicted octanol–water partition coefficient (Wildman–Crippen LogP) is 2.52. The van der Waals surface area contributed by atoms with Gasteiger partial charge in [0.1, 0.15) is 0 Å². The van der Waals surface area contributed by atoms with Crippen LogP contribution in [0.4, 0.5) is 5.69 Å². The number of nitrogens with zero attached hydrogens (tertiary/aromatic N) is 2. The molecule has 0 atom stereocenters. The lowest BCUT2D eigenvalue weighted by atomic mass is 9.97. The van der Waals surface area contributed by atoms with Gasteiger partial charge in [-0.3, -0.25) is 9.59 Å². The maximum Gasteiger partial charge on any atom is 0.250 e. The number of sulfonamides is 1. The Bertz CT molecular complexity index is 1070. The van der Waals surface area contributed by atoms with Crippen LogP contribution in [0, 0.1) is 19.8 Å². The summed E-state index contributed by atoms with van der Waals surface area (Å²) < 4.78 is 28.8. The van der Waals surface area contributed by atoms with Crippen molar-refractivity contribution < 1.29 is 13.2 Å². The number of rotatable bonds is 5. The highest BCUT2D eigenvalue weighted by Crippen LogP contribution is 2.26. The van der Waals surface area contributed by atoms with Gasteiger partial charge in [0.15, 0.2) is 0 Å². The van der Waals surface area contributed by atoms with Gasteiger partial charge in [-0.2, -0.15) is 4.31 Å². The van der Waals surface area contributed by atoms with Crippen LogP contribution in [0.25, 0.3) is 0 Å². The monoisotopic (exact) mass is 417 g/mol. The van der Waals surface area contributed by atoms with Crippen molar-refractivity contribution in [2.75, 3.05) is 18.4 Å². The summed E-state index contributed by atoms with van der Waals surface area (Å²) in [6.07, 6.45) is 2.55. The standard InChI is InChI=1S/C21H27N3O4S/c1-4-23-14-18(6-8-20(23)25)22-21(26)17-9-11-24(12-10-17)29(27,28)19-7-5-15(2)16(3)13-19/h5-8,13-14,17H,4,9-12H2,1-3H3,(H,22,26). The molecule has 1 aliphatic heterocycles. The zero-order chi connectivity index (χ0) is 21.2. The SMILES string of the molecule is CCn1cc(NC(=O)C2CCN(S(=O)(=O)c3ccc(C)c(C)c3)CC2)ccc1=O. The third kappa shape index (κ3) is 4.59. The van der Waals surface area contributed by atoms with Crippen molar-refractivity contribution in [3.63, 3.8) is 0 Å². The Labute approximate surface area is 171 Å². The van der Waals surface area contributed by atoms with Gasteiger partial charge < -0.3 is 9.88 Å². The Morgan fingerprint density at radius 3 is 2.41 bits per heavy atom. The van der Waals surface area contributed by atoms with E-state index in [0.29, 0.717) is 43.1 Å². The number of hydrogen-bond acceptors (Lipinski definition) is 4. The molecule has 29 heavy (non-hydrogen) atoms. The molecule has 2 aromatic rings. The second-order valence-corrected chi connectivity index (χ2v) is 9.39. The molecule has 1 N–H and O–H groups in total. The minimum atomic E-state index is -3.56. The molecule has 0 radical (unpaired) electrons. The summed E-state index contributed by atoms with van der Waals surface area (Å²) >= 11 is 0. The van der Waals surface area contributed by atoms with Gasteiger partial charge in [-0.05, 0) is 62.9 Å². The first-order chi connectivity index (χ1) is 13.7. The number of pyridine rings is 1. The number of carbonyl (C=O) groups is 1. The Morgan fingerprint density at radius 1 is 1.10 bits per heavy atom. The fourth-order valence-corrected chi connectivity index (χ4v) is 5.03. The van der Waals surface area contributed by atoms with E-state index < -0.39 is 10.0 Å². The fourth-order valence-electron chi connectivity index (χ4n) is 3.48. The molecule has 0 spiro atoms. The van der Waals surface area contributed by atoms with Crippen molar-refractivity contribution in [2.45, 2.75) is 45.1 Å². The highest BCUT2D eigenvalue weighted by molar-refractivity contribution is 7.89. The van der Waals surface area contributed by atoms with E-state index in [-0.39, 0.29) is 17.4 Å². The number of nitrogens with one attached hydrogen (secondary N) is 1. The largest absolute Gasteiger partial charge is 0.325 e. The summed E-state index contributed by atoms with van der Waals surface area (Å²) in [6.45, 7) is 6.84. The molecule has 0 unspecified atom stereocenters. The Morgan fingerprint density at radius 2 is 1.79 bits per heavy atom. The van der Waals surface area contributed by atoms with E-state index in [9.17, 15) is 18.0 Å². The Balaban J connectivity index is 1.64. The van der Waals surface area contributed by atoms with Crippen LogP contribution in [0.15, 0.2) is 46.2 Å². The minimum absolute atomic E-state index is 0.115. The highest BCUT2D eigenvalue weighted by atomic mass is 32.2. The van der Waals surface area contributed by atoms with Gasteiger partial charge in [-0.25, -0.2) is 8.42 Å². The summed E-state index contributed by atoms with van der Waals surface area (Å²) in [5.41, 5.74) is 2.44. The van der Waals surface area contributed by atoms with Gasteiger partial charge in [-0.15, -0.1) is 0 Å². The second kappa shape index (κ2) is 8.51. The molecular formula is C21H27N3O4S. The summed E-state index contributed by atoms with van der Waals surface area (Å²) in [5.74, 6) is -0.405. The fraction of sp³-hybridized carbons (Fsp3) is 0.429. The third-order valence-corrected chi connectivity index (χ3v) is 7.43. The van der Waals surface area contributed by atoms with Crippen LogP contribution >= 0.6 is 0 Å². The lowest BCUT2D eigenvalue weighted by Crippen LogP contribution is -2.41. The third-order valence-electron chi connectivity index (χ3n) is 5.53. The molecule has 3 rings (SSSR count). The summed E-state index contributed by atoms with van der Waals surface area (Å²) in [5, 5.41) is 2.85. The molecule has 2 heterocycles. The van der Waals surface area contributed by atoms with E-state index in [2.05, 4.69) is 5.32 Å². The Hall–Kier alpha value is -2.45. The van der Waals surface area contributed by atoms with Gasteiger partial charge >= 0.3 is 0 Å². The van der Waals surface area contributed by atoms with E-state index in [1.54, 1.807) is 24.4 Å². The van der Waals surface area contributed by atoms with Crippen molar-refractivity contribution in [3.05, 3.63) is 58.0 Å². The second-order valence-electron chi connectivity index (χ2n) is 7.46. The van der Waals surface area contributed by atoms with Gasteiger partial charge in [0.05, 0.1) is 10.6 Å². The average molecular weight is 418 g/mol. The molecule has 1 amide bonds. The number of benzene rings is 1. The number of piperidine rings is 1. The predicted molar refractivity (Wildman–Crippen MR) is 112 cm³/mol. The van der Waals surface area contributed by atoms with Gasteiger partial charge in [0.2, 0.25) is 15.9 Å². The molecular weight excluding hydrogens is 390 g/mol. The van der Waals surface area contributed by atoms with Crippen LogP contribution in [0.3, 0.4) is 0 Å². The van der Waals surface area contributed by atoms with Crippen molar-refractivity contribution >= 4 is 21.6 Å². The molecule has 156 valence electrons. The first-order valence-corrected chi connectivity index (χ1v) is 11.2. The number of anilines is 1. The first kappa shape index (κ1) is 21.3. The summed E-state index contributed by atoms with van der Waals surface area (Å²) in [6, 6.07) is 8.17. The van der Waals surface area contributed by atoms with Crippen molar-refractivity contribution in [2.24, 2.45) is 5.92 Å². The van der Waals surface area contributed by atoms with Crippen LogP contribution in [0.1, 0.15) is 30.9 Å². The zero-order valence-electron chi connectivity index (χ0n) is 17.0. The van der Waals surface area contributed by atoms with Crippen LogP contribution in [-0.2, 0) is 21.4 Å². The number of aromatic nitrogens is 1. The molecule has 8 heteroatoms. The first-order valence-electron chi connectivity index (χ1n) is 9.81. The summed E-state index contributed by atoms with van der Waals surface area (Å²) in [4.78, 5) is 24.6. The van der Waals surface area contributed by atoms with Crippen LogP contribution in [0.5, 0.6) is 0 Å². The highest BCUT2D eigenvalue weighted by Gasteiger charge is 2.32. The van der Waals surface area contributed by atoms with E-state index in [4.69, 9.17) is 0 Å². The molecule has 1 fully saturated rings. The Kier molecular flexibility index (Phi) is 6.24. The van der Waals surface area contributed by atoms with Gasteiger partial charge in [0, 0.05) is 37.8 Å². The van der Waals surface area contributed by atoms with Gasteiger partial charge in [-0.1, -0.05) is 6.07 Å². The van der Waals surface area contributed by atoms with Crippen LogP contribution < -0.4 is 10.9 Å². The summed E-state index contributed by atoms with van der Waals surface area (Å²) in [7, 11) is -3.56. The maximum atomic E-state index is 12.9. The minimum Gasteiger partial charge on any atom is -0.325 e. The molecule has 0 bridgehead atoms. The van der Waals surface area contributed by atoms with Crippen LogP contribution in [-0.4, -0.2) is 36.3 Å². The van der Waals surface area contributed by atoms with E-state index in [1.165, 1.54) is 14.9 Å². The maximum absolute atomic E-state index is 12.9. The number of carbonyl (C=O) groups excluding carboxylic acids is 1. The topological polar surface area (TPSA) is 88.5 Å². The molecule has 0 saturated carbocycles. The lowest BCUT2D eigenvalue weighted by molar-refractivity contribution is -0.120. The molecule has 1 saturated heterocycles. The molecule has 1 aliphatic rings. The number of hydrogen-bond donors (Lipinski definition) is 1. The van der Waals surface area contributed by atoms with E-state index in [0.717, 1.165) is 11.1 Å². The average Bonchev–Trinajstić information content (AvgIpc) is 2.71. The van der Waals surface area contributed by atoms with E-state index >= 15 is 0 Å². The molecule has 1 aromatic carbocycles. The van der Waals surface area contributed by atoms with Crippen molar-refractivity contribution in [3.8, 4) is 0 Å². The van der Waals surface area contributed by atoms with Crippen molar-refractivity contribution in [1.82, 2.24) is 8.87 Å².